The Morgan fingerprint density at radius 2 is 1.82 bits per heavy atom. The molecule has 1 atom stereocenters. The van der Waals surface area contributed by atoms with E-state index in [1.807, 2.05) is 0 Å². The van der Waals surface area contributed by atoms with Crippen LogP contribution < -0.4 is 4.74 Å². The van der Waals surface area contributed by atoms with Crippen LogP contribution in [0.15, 0.2) is 72.9 Å². The number of carboxylic acids is 1. The van der Waals surface area contributed by atoms with Gasteiger partial charge in [0.2, 0.25) is 0 Å². The molecule has 1 rings (SSSR count). The number of ether oxygens (including phenoxy) is 1. The highest BCUT2D eigenvalue weighted by molar-refractivity contribution is 5.98. The summed E-state index contributed by atoms with van der Waals surface area (Å²) in [6.07, 6.45) is 6.30. The number of carbonyl (C=O) groups excluding carboxylic acids is 2. The van der Waals surface area contributed by atoms with Gasteiger partial charge in [-0.2, -0.15) is 0 Å². The van der Waals surface area contributed by atoms with Gasteiger partial charge in [-0.05, 0) is 31.5 Å². The Labute approximate surface area is 165 Å². The molecular weight excluding hydrogens is 358 g/mol. The molecule has 1 aromatic carbocycles. The fourth-order valence-electron chi connectivity index (χ4n) is 2.42. The lowest BCUT2D eigenvalue weighted by Gasteiger charge is -2.25. The number of hydrogen-bond acceptors (Lipinski definition) is 4. The lowest BCUT2D eigenvalue weighted by Crippen LogP contribution is -2.44. The first-order valence-corrected chi connectivity index (χ1v) is 8.66. The van der Waals surface area contributed by atoms with E-state index in [0.717, 1.165) is 0 Å². The molecule has 0 radical (unpaired) electrons. The summed E-state index contributed by atoms with van der Waals surface area (Å²) in [5.41, 5.74) is 1.23. The van der Waals surface area contributed by atoms with Crippen LogP contribution in [0.1, 0.15) is 19.4 Å². The summed E-state index contributed by atoms with van der Waals surface area (Å²) in [4.78, 5) is 37.1. The molecule has 0 bridgehead atoms. The van der Waals surface area contributed by atoms with E-state index in [4.69, 9.17) is 4.74 Å². The van der Waals surface area contributed by atoms with Crippen LogP contribution in [-0.4, -0.2) is 40.9 Å². The maximum atomic E-state index is 12.4. The third kappa shape index (κ3) is 6.09. The molecule has 0 fully saturated rings. The Hall–Kier alpha value is -3.41. The highest BCUT2D eigenvalue weighted by Gasteiger charge is 2.27. The number of carboxylic acid groups (broad SMARTS) is 1. The molecule has 148 valence electrons. The van der Waals surface area contributed by atoms with Crippen LogP contribution in [0.3, 0.4) is 0 Å². The van der Waals surface area contributed by atoms with Crippen molar-refractivity contribution in [1.29, 1.82) is 0 Å². The van der Waals surface area contributed by atoms with Crippen molar-refractivity contribution >= 4 is 17.8 Å². The van der Waals surface area contributed by atoms with Crippen LogP contribution in [0.4, 0.5) is 0 Å². The predicted molar refractivity (Wildman–Crippen MR) is 108 cm³/mol. The Morgan fingerprint density at radius 3 is 2.29 bits per heavy atom. The lowest BCUT2D eigenvalue weighted by atomic mass is 10.0. The SMILES string of the molecule is C=CC(=CC)C(=O)N(C)C(Cc1ccc(OC(=O)C(=C)C=CC)cc1)C(=O)O. The van der Waals surface area contributed by atoms with Gasteiger partial charge < -0.3 is 14.7 Å². The number of hydrogen-bond donors (Lipinski definition) is 1. The van der Waals surface area contributed by atoms with Gasteiger partial charge in [0, 0.05) is 19.0 Å². The van der Waals surface area contributed by atoms with Crippen LogP contribution in [0, 0.1) is 0 Å². The largest absolute Gasteiger partial charge is 0.480 e. The molecule has 28 heavy (non-hydrogen) atoms. The molecule has 0 heterocycles. The minimum absolute atomic E-state index is 0.102. The maximum Gasteiger partial charge on any atom is 0.342 e. The summed E-state index contributed by atoms with van der Waals surface area (Å²) in [5, 5.41) is 9.54. The van der Waals surface area contributed by atoms with E-state index >= 15 is 0 Å². The van der Waals surface area contributed by atoms with Crippen molar-refractivity contribution in [1.82, 2.24) is 4.90 Å². The van der Waals surface area contributed by atoms with Gasteiger partial charge in [0.25, 0.3) is 5.91 Å². The molecule has 0 aliphatic rings. The molecule has 6 heteroatoms. The topological polar surface area (TPSA) is 83.9 Å². The fourth-order valence-corrected chi connectivity index (χ4v) is 2.42. The molecule has 1 N–H and O–H groups in total. The zero-order valence-corrected chi connectivity index (χ0v) is 16.3. The second-order valence-corrected chi connectivity index (χ2v) is 5.98. The second kappa shape index (κ2) is 10.7. The highest BCUT2D eigenvalue weighted by Crippen LogP contribution is 2.17. The van der Waals surface area contributed by atoms with Crippen molar-refractivity contribution in [3.05, 3.63) is 78.4 Å². The number of allylic oxidation sites excluding steroid dienone is 2. The van der Waals surface area contributed by atoms with E-state index in [2.05, 4.69) is 13.2 Å². The highest BCUT2D eigenvalue weighted by atomic mass is 16.5. The summed E-state index contributed by atoms with van der Waals surface area (Å²) in [7, 11) is 1.44. The van der Waals surface area contributed by atoms with Gasteiger partial charge in [-0.25, -0.2) is 9.59 Å². The predicted octanol–water partition coefficient (Wildman–Crippen LogP) is 3.31. The van der Waals surface area contributed by atoms with Crippen LogP contribution in [0.5, 0.6) is 5.75 Å². The first-order valence-electron chi connectivity index (χ1n) is 8.66. The Balaban J connectivity index is 2.91. The monoisotopic (exact) mass is 383 g/mol. The van der Waals surface area contributed by atoms with Gasteiger partial charge in [0.05, 0.1) is 5.57 Å². The Kier molecular flexibility index (Phi) is 8.62. The summed E-state index contributed by atoms with van der Waals surface area (Å²) < 4.78 is 5.19. The van der Waals surface area contributed by atoms with Crippen LogP contribution >= 0.6 is 0 Å². The zero-order valence-electron chi connectivity index (χ0n) is 16.3. The number of aliphatic carboxylic acids is 1. The molecule has 1 aromatic rings. The summed E-state index contributed by atoms with van der Waals surface area (Å²) in [6, 6.07) is 5.39. The average Bonchev–Trinajstić information content (AvgIpc) is 2.67. The normalized spacial score (nSPS) is 12.3. The third-order valence-electron chi connectivity index (χ3n) is 4.04. The number of likely N-dealkylation sites (N-methyl/N-ethyl adjacent to an activating group) is 1. The number of rotatable bonds is 9. The average molecular weight is 383 g/mol. The van der Waals surface area contributed by atoms with E-state index in [9.17, 15) is 19.5 Å². The van der Waals surface area contributed by atoms with Crippen molar-refractivity contribution < 1.29 is 24.2 Å². The second-order valence-electron chi connectivity index (χ2n) is 5.98. The van der Waals surface area contributed by atoms with Gasteiger partial charge in [-0.15, -0.1) is 0 Å². The molecular formula is C22H25NO5. The van der Waals surface area contributed by atoms with Crippen molar-refractivity contribution in [3.63, 3.8) is 0 Å². The molecule has 1 unspecified atom stereocenters. The van der Waals surface area contributed by atoms with Crippen LogP contribution in [0.2, 0.25) is 0 Å². The number of esters is 1. The van der Waals surface area contributed by atoms with Crippen molar-refractivity contribution in [2.45, 2.75) is 26.3 Å². The summed E-state index contributed by atoms with van der Waals surface area (Å²) >= 11 is 0. The van der Waals surface area contributed by atoms with Gasteiger partial charge >= 0.3 is 11.9 Å². The van der Waals surface area contributed by atoms with E-state index in [0.29, 0.717) is 16.9 Å². The van der Waals surface area contributed by atoms with Crippen molar-refractivity contribution in [3.8, 4) is 5.75 Å². The van der Waals surface area contributed by atoms with Gasteiger partial charge in [-0.1, -0.05) is 49.6 Å². The molecule has 1 amide bonds. The van der Waals surface area contributed by atoms with Crippen LogP contribution in [0.25, 0.3) is 0 Å². The van der Waals surface area contributed by atoms with E-state index in [1.54, 1.807) is 56.3 Å². The smallest absolute Gasteiger partial charge is 0.342 e. The number of carbonyl (C=O) groups is 3. The lowest BCUT2D eigenvalue weighted by molar-refractivity contribution is -0.147. The van der Waals surface area contributed by atoms with Gasteiger partial charge in [-0.3, -0.25) is 4.79 Å². The molecule has 6 nitrogen and oxygen atoms in total. The Bertz CT molecular complexity index is 818. The first-order chi connectivity index (χ1) is 13.2. The molecule has 0 saturated heterocycles. The number of nitrogens with zero attached hydrogens (tertiary/aromatic N) is 1. The number of amides is 1. The third-order valence-corrected chi connectivity index (χ3v) is 4.04. The standard InChI is InChI=1S/C22H25NO5/c1-6-9-15(4)22(27)28-18-12-10-16(11-13-18)14-19(21(25)26)23(5)20(24)17(7-2)8-3/h6-13,19H,2,4,14H2,1,3,5H3,(H,25,26). The minimum Gasteiger partial charge on any atom is -0.480 e. The molecule has 0 aliphatic carbocycles. The zero-order chi connectivity index (χ0) is 21.3. The summed E-state index contributed by atoms with van der Waals surface area (Å²) in [5.74, 6) is -1.78. The van der Waals surface area contributed by atoms with Gasteiger partial charge in [0.15, 0.2) is 0 Å². The minimum atomic E-state index is -1.12. The van der Waals surface area contributed by atoms with E-state index in [-0.39, 0.29) is 12.0 Å². The molecule has 0 spiro atoms. The van der Waals surface area contributed by atoms with Crippen molar-refractivity contribution in [2.24, 2.45) is 0 Å². The van der Waals surface area contributed by atoms with E-state index in [1.165, 1.54) is 18.0 Å². The maximum absolute atomic E-state index is 12.4. The van der Waals surface area contributed by atoms with Gasteiger partial charge in [0.1, 0.15) is 11.8 Å². The molecule has 0 aliphatic heterocycles. The van der Waals surface area contributed by atoms with Crippen molar-refractivity contribution in [2.75, 3.05) is 7.05 Å². The first kappa shape index (κ1) is 22.6. The summed E-state index contributed by atoms with van der Waals surface area (Å²) in [6.45, 7) is 10.6. The Morgan fingerprint density at radius 1 is 1.21 bits per heavy atom. The van der Waals surface area contributed by atoms with E-state index < -0.39 is 23.9 Å². The molecule has 0 saturated carbocycles. The molecule has 0 aromatic heterocycles. The quantitative estimate of drug-likeness (QED) is 0.306. The fraction of sp³-hybridized carbons (Fsp3) is 0.227. The van der Waals surface area contributed by atoms with Crippen LogP contribution in [-0.2, 0) is 20.8 Å². The number of benzene rings is 1.